The molecule has 0 fully saturated rings. The molecule has 0 bridgehead atoms. The van der Waals surface area contributed by atoms with Crippen molar-refractivity contribution in [1.29, 1.82) is 0 Å². The van der Waals surface area contributed by atoms with Crippen LogP contribution in [0.5, 0.6) is 11.5 Å². The number of rotatable bonds is 3. The number of carbonyl (C=O) groups is 1. The van der Waals surface area contributed by atoms with Gasteiger partial charge in [-0.25, -0.2) is 0 Å². The molecule has 6 heteroatoms. The number of ether oxygens (including phenoxy) is 2. The van der Waals surface area contributed by atoms with Crippen molar-refractivity contribution < 1.29 is 14.3 Å². The molecule has 0 unspecified atom stereocenters. The SMILES string of the molecule is COc1cc2c(c(OC)c1)C(=O)/C(=C/c1cc(Cl)ccc1Cl)N2. The second-order valence-corrected chi connectivity index (χ2v) is 5.77. The molecule has 1 N–H and O–H groups in total. The molecule has 0 amide bonds. The summed E-state index contributed by atoms with van der Waals surface area (Å²) in [6.45, 7) is 0. The fourth-order valence-corrected chi connectivity index (χ4v) is 2.77. The maximum absolute atomic E-state index is 12.6. The van der Waals surface area contributed by atoms with Crippen LogP contribution in [0, 0.1) is 0 Å². The fourth-order valence-electron chi connectivity index (χ4n) is 2.42. The summed E-state index contributed by atoms with van der Waals surface area (Å²) in [5.41, 5.74) is 2.16. The molecule has 23 heavy (non-hydrogen) atoms. The number of hydrogen-bond acceptors (Lipinski definition) is 4. The first kappa shape index (κ1) is 15.7. The molecule has 0 spiro atoms. The number of Topliss-reactive ketones (excluding diaryl/α,β-unsaturated/α-hetero) is 1. The monoisotopic (exact) mass is 349 g/mol. The van der Waals surface area contributed by atoms with Gasteiger partial charge in [0.25, 0.3) is 0 Å². The summed E-state index contributed by atoms with van der Waals surface area (Å²) in [6, 6.07) is 8.50. The molecule has 1 heterocycles. The summed E-state index contributed by atoms with van der Waals surface area (Å²) < 4.78 is 10.5. The average Bonchev–Trinajstić information content (AvgIpc) is 2.86. The van der Waals surface area contributed by atoms with E-state index in [9.17, 15) is 4.79 Å². The lowest BCUT2D eigenvalue weighted by atomic mass is 10.1. The van der Waals surface area contributed by atoms with Gasteiger partial charge in [0.05, 0.1) is 31.2 Å². The van der Waals surface area contributed by atoms with E-state index in [2.05, 4.69) is 5.32 Å². The zero-order chi connectivity index (χ0) is 16.6. The van der Waals surface area contributed by atoms with Crippen LogP contribution >= 0.6 is 23.2 Å². The van der Waals surface area contributed by atoms with E-state index in [4.69, 9.17) is 32.7 Å². The number of allylic oxidation sites excluding steroid dienone is 1. The highest BCUT2D eigenvalue weighted by molar-refractivity contribution is 6.34. The predicted molar refractivity (Wildman–Crippen MR) is 91.9 cm³/mol. The molecular weight excluding hydrogens is 337 g/mol. The van der Waals surface area contributed by atoms with Crippen LogP contribution in [-0.4, -0.2) is 20.0 Å². The van der Waals surface area contributed by atoms with Gasteiger partial charge in [0.15, 0.2) is 0 Å². The molecule has 2 aromatic rings. The van der Waals surface area contributed by atoms with Crippen molar-refractivity contribution >= 4 is 40.7 Å². The van der Waals surface area contributed by atoms with E-state index < -0.39 is 0 Å². The third kappa shape index (κ3) is 2.87. The van der Waals surface area contributed by atoms with Crippen LogP contribution < -0.4 is 14.8 Å². The Bertz CT molecular complexity index is 831. The van der Waals surface area contributed by atoms with Crippen LogP contribution in [0.4, 0.5) is 5.69 Å². The lowest BCUT2D eigenvalue weighted by Gasteiger charge is -2.08. The van der Waals surface area contributed by atoms with Crippen molar-refractivity contribution in [2.45, 2.75) is 0 Å². The Labute approximate surface area is 143 Å². The zero-order valence-electron chi connectivity index (χ0n) is 12.4. The second kappa shape index (κ2) is 6.14. The normalized spacial score (nSPS) is 14.6. The molecule has 3 rings (SSSR count). The number of carbonyl (C=O) groups excluding carboxylic acids is 1. The van der Waals surface area contributed by atoms with Crippen molar-refractivity contribution in [3.8, 4) is 11.5 Å². The van der Waals surface area contributed by atoms with Gasteiger partial charge in [0, 0.05) is 22.2 Å². The van der Waals surface area contributed by atoms with Gasteiger partial charge in [-0.2, -0.15) is 0 Å². The van der Waals surface area contributed by atoms with Crippen LogP contribution in [0.15, 0.2) is 36.0 Å². The standard InChI is InChI=1S/C17H13Cl2NO3/c1-22-11-7-13-16(15(8-11)23-2)17(21)14(20-13)6-9-5-10(18)3-4-12(9)19/h3-8,20H,1-2H3/b14-6-. The van der Waals surface area contributed by atoms with E-state index in [1.54, 1.807) is 43.5 Å². The number of ketones is 1. The van der Waals surface area contributed by atoms with E-state index in [0.717, 1.165) is 0 Å². The number of benzene rings is 2. The summed E-state index contributed by atoms with van der Waals surface area (Å²) in [5.74, 6) is 0.885. The van der Waals surface area contributed by atoms with Crippen LogP contribution in [0.25, 0.3) is 6.08 Å². The summed E-state index contributed by atoms with van der Waals surface area (Å²) in [5, 5.41) is 4.13. The molecule has 0 saturated carbocycles. The maximum atomic E-state index is 12.6. The highest BCUT2D eigenvalue weighted by Gasteiger charge is 2.29. The average molecular weight is 350 g/mol. The maximum Gasteiger partial charge on any atom is 0.215 e. The van der Waals surface area contributed by atoms with E-state index in [-0.39, 0.29) is 5.78 Å². The van der Waals surface area contributed by atoms with Crippen molar-refractivity contribution in [3.05, 3.63) is 57.2 Å². The Kier molecular flexibility index (Phi) is 4.20. The molecule has 118 valence electrons. The largest absolute Gasteiger partial charge is 0.497 e. The van der Waals surface area contributed by atoms with Gasteiger partial charge < -0.3 is 14.8 Å². The number of methoxy groups -OCH3 is 2. The highest BCUT2D eigenvalue weighted by atomic mass is 35.5. The first-order valence-electron chi connectivity index (χ1n) is 6.78. The quantitative estimate of drug-likeness (QED) is 0.818. The van der Waals surface area contributed by atoms with Crippen molar-refractivity contribution in [2.24, 2.45) is 0 Å². The fraction of sp³-hybridized carbons (Fsp3) is 0.118. The molecular formula is C17H13Cl2NO3. The molecule has 0 aromatic heterocycles. The molecule has 1 aliphatic rings. The molecule has 1 aliphatic heterocycles. The van der Waals surface area contributed by atoms with Gasteiger partial charge in [0.1, 0.15) is 11.5 Å². The minimum absolute atomic E-state index is 0.171. The molecule has 0 atom stereocenters. The zero-order valence-corrected chi connectivity index (χ0v) is 14.0. The van der Waals surface area contributed by atoms with Gasteiger partial charge in [-0.3, -0.25) is 4.79 Å². The number of anilines is 1. The van der Waals surface area contributed by atoms with Gasteiger partial charge in [-0.1, -0.05) is 23.2 Å². The van der Waals surface area contributed by atoms with Crippen LogP contribution in [0.1, 0.15) is 15.9 Å². The number of fused-ring (bicyclic) bond motifs is 1. The van der Waals surface area contributed by atoms with Crippen LogP contribution in [0.2, 0.25) is 10.0 Å². The first-order valence-corrected chi connectivity index (χ1v) is 7.53. The minimum Gasteiger partial charge on any atom is -0.497 e. The van der Waals surface area contributed by atoms with E-state index in [1.807, 2.05) is 0 Å². The van der Waals surface area contributed by atoms with Crippen molar-refractivity contribution in [3.63, 3.8) is 0 Å². The van der Waals surface area contributed by atoms with E-state index >= 15 is 0 Å². The lowest BCUT2D eigenvalue weighted by molar-refractivity contribution is 0.104. The minimum atomic E-state index is -0.171. The van der Waals surface area contributed by atoms with E-state index in [0.29, 0.717) is 44.1 Å². The second-order valence-electron chi connectivity index (χ2n) is 4.93. The third-order valence-electron chi connectivity index (χ3n) is 3.53. The summed E-state index contributed by atoms with van der Waals surface area (Å²) in [7, 11) is 3.07. The number of halogens is 2. The van der Waals surface area contributed by atoms with Crippen LogP contribution in [-0.2, 0) is 0 Å². The lowest BCUT2D eigenvalue weighted by Crippen LogP contribution is -2.01. The highest BCUT2D eigenvalue weighted by Crippen LogP contribution is 2.39. The van der Waals surface area contributed by atoms with Gasteiger partial charge in [0.2, 0.25) is 5.78 Å². The molecule has 4 nitrogen and oxygen atoms in total. The first-order chi connectivity index (χ1) is 11.0. The smallest absolute Gasteiger partial charge is 0.215 e. The topological polar surface area (TPSA) is 47.6 Å². The Morgan fingerprint density at radius 1 is 1.09 bits per heavy atom. The van der Waals surface area contributed by atoms with E-state index in [1.165, 1.54) is 7.11 Å². The van der Waals surface area contributed by atoms with Gasteiger partial charge >= 0.3 is 0 Å². The Hall–Kier alpha value is -2.17. The van der Waals surface area contributed by atoms with Crippen LogP contribution in [0.3, 0.4) is 0 Å². The van der Waals surface area contributed by atoms with Crippen molar-refractivity contribution in [2.75, 3.05) is 19.5 Å². The molecule has 2 aromatic carbocycles. The predicted octanol–water partition coefficient (Wildman–Crippen LogP) is 4.66. The third-order valence-corrected chi connectivity index (χ3v) is 4.11. The number of nitrogens with one attached hydrogen (secondary N) is 1. The molecule has 0 aliphatic carbocycles. The Morgan fingerprint density at radius 3 is 2.57 bits per heavy atom. The van der Waals surface area contributed by atoms with Crippen molar-refractivity contribution in [1.82, 2.24) is 0 Å². The Morgan fingerprint density at radius 2 is 1.87 bits per heavy atom. The summed E-state index contributed by atoms with van der Waals surface area (Å²) in [6.07, 6.45) is 1.67. The summed E-state index contributed by atoms with van der Waals surface area (Å²) >= 11 is 12.1. The Balaban J connectivity index is 2.07. The van der Waals surface area contributed by atoms with Gasteiger partial charge in [-0.15, -0.1) is 0 Å². The summed E-state index contributed by atoms with van der Waals surface area (Å²) in [4.78, 5) is 12.6. The molecule has 0 saturated heterocycles. The van der Waals surface area contributed by atoms with Gasteiger partial charge in [-0.05, 0) is 29.8 Å². The molecule has 0 radical (unpaired) electrons. The number of hydrogen-bond donors (Lipinski definition) is 1.